The zero-order valence-corrected chi connectivity index (χ0v) is 25.6. The molecule has 3 rings (SSSR count). The lowest BCUT2D eigenvalue weighted by molar-refractivity contribution is -0.139. The summed E-state index contributed by atoms with van der Waals surface area (Å²) in [5, 5.41) is 2.91. The minimum Gasteiger partial charge on any atom is -0.495 e. The zero-order chi connectivity index (χ0) is 30.2. The standard InChI is InChI=1S/C32H41N3O5S/c1-7-8-19-33-32(37)26(5)34(21-27-12-10-9-11-25(27)4)31(36)22-35(29-20-24(3)15-18-30(29)40-6)41(38,39)28-16-13-23(2)14-17-28/h9-18,20,26H,7-8,19,21-22H2,1-6H3,(H,33,37)/t26-/m1/s1. The van der Waals surface area contributed by atoms with Crippen molar-refractivity contribution < 1.29 is 22.7 Å². The third-order valence-electron chi connectivity index (χ3n) is 7.09. The van der Waals surface area contributed by atoms with Gasteiger partial charge in [0.25, 0.3) is 10.0 Å². The third kappa shape index (κ3) is 7.88. The van der Waals surface area contributed by atoms with Crippen LogP contribution in [0.3, 0.4) is 0 Å². The van der Waals surface area contributed by atoms with Crippen LogP contribution in [-0.2, 0) is 26.2 Å². The Kier molecular flexibility index (Phi) is 10.9. The second-order valence-corrected chi connectivity index (χ2v) is 12.1. The van der Waals surface area contributed by atoms with Crippen molar-refractivity contribution in [3.63, 3.8) is 0 Å². The van der Waals surface area contributed by atoms with Gasteiger partial charge in [0.2, 0.25) is 11.8 Å². The average molecular weight is 580 g/mol. The molecular weight excluding hydrogens is 538 g/mol. The molecule has 0 aromatic heterocycles. The number of methoxy groups -OCH3 is 1. The summed E-state index contributed by atoms with van der Waals surface area (Å²) in [7, 11) is -2.73. The van der Waals surface area contributed by atoms with Gasteiger partial charge in [-0.15, -0.1) is 0 Å². The normalized spacial score (nSPS) is 12.0. The fourth-order valence-electron chi connectivity index (χ4n) is 4.44. The van der Waals surface area contributed by atoms with Gasteiger partial charge in [-0.1, -0.05) is 61.4 Å². The number of unbranched alkanes of at least 4 members (excludes halogenated alkanes) is 1. The summed E-state index contributed by atoms with van der Waals surface area (Å²) in [6.45, 7) is 9.49. The minimum absolute atomic E-state index is 0.0512. The van der Waals surface area contributed by atoms with Gasteiger partial charge in [0.1, 0.15) is 18.3 Å². The Labute approximate surface area is 244 Å². The van der Waals surface area contributed by atoms with Crippen molar-refractivity contribution in [1.82, 2.24) is 10.2 Å². The van der Waals surface area contributed by atoms with Crippen molar-refractivity contribution in [3.05, 3.63) is 89.0 Å². The SMILES string of the molecule is CCCCNC(=O)[C@@H](C)N(Cc1ccccc1C)C(=O)CN(c1cc(C)ccc1OC)S(=O)(=O)c1ccc(C)cc1. The number of aryl methyl sites for hydroxylation is 3. The molecule has 220 valence electrons. The molecule has 1 N–H and O–H groups in total. The Morgan fingerprint density at radius 2 is 1.61 bits per heavy atom. The number of rotatable bonds is 13. The zero-order valence-electron chi connectivity index (χ0n) is 24.8. The van der Waals surface area contributed by atoms with Crippen LogP contribution in [0.15, 0.2) is 71.6 Å². The van der Waals surface area contributed by atoms with Crippen LogP contribution in [0.25, 0.3) is 0 Å². The molecule has 0 unspecified atom stereocenters. The maximum Gasteiger partial charge on any atom is 0.264 e. The molecule has 0 fully saturated rings. The first-order valence-electron chi connectivity index (χ1n) is 13.8. The highest BCUT2D eigenvalue weighted by molar-refractivity contribution is 7.92. The Morgan fingerprint density at radius 1 is 0.951 bits per heavy atom. The first-order valence-corrected chi connectivity index (χ1v) is 15.3. The number of ether oxygens (including phenoxy) is 1. The van der Waals surface area contributed by atoms with Gasteiger partial charge in [-0.05, 0) is 75.1 Å². The number of benzene rings is 3. The maximum atomic E-state index is 14.1. The van der Waals surface area contributed by atoms with E-state index in [1.54, 1.807) is 31.2 Å². The second kappa shape index (κ2) is 14.2. The molecule has 0 spiro atoms. The molecule has 0 saturated carbocycles. The summed E-state index contributed by atoms with van der Waals surface area (Å²) in [6, 6.07) is 18.5. The number of carbonyl (C=O) groups is 2. The van der Waals surface area contributed by atoms with E-state index in [-0.39, 0.29) is 23.0 Å². The average Bonchev–Trinajstić information content (AvgIpc) is 2.95. The fraction of sp³-hybridized carbons (Fsp3) is 0.375. The lowest BCUT2D eigenvalue weighted by atomic mass is 10.1. The molecule has 3 aromatic carbocycles. The predicted octanol–water partition coefficient (Wildman–Crippen LogP) is 5.15. The van der Waals surface area contributed by atoms with E-state index in [2.05, 4.69) is 5.32 Å². The van der Waals surface area contributed by atoms with Gasteiger partial charge < -0.3 is 15.0 Å². The summed E-state index contributed by atoms with van der Waals surface area (Å²) in [4.78, 5) is 28.8. The van der Waals surface area contributed by atoms with Gasteiger partial charge in [0.15, 0.2) is 0 Å². The smallest absolute Gasteiger partial charge is 0.264 e. The van der Waals surface area contributed by atoms with Gasteiger partial charge in [0.05, 0.1) is 17.7 Å². The van der Waals surface area contributed by atoms with Gasteiger partial charge in [-0.2, -0.15) is 0 Å². The van der Waals surface area contributed by atoms with Crippen molar-refractivity contribution in [2.24, 2.45) is 0 Å². The highest BCUT2D eigenvalue weighted by Crippen LogP contribution is 2.34. The first-order chi connectivity index (χ1) is 19.5. The molecule has 0 bridgehead atoms. The Morgan fingerprint density at radius 3 is 2.24 bits per heavy atom. The van der Waals surface area contributed by atoms with E-state index >= 15 is 0 Å². The molecule has 0 saturated heterocycles. The molecule has 0 radical (unpaired) electrons. The highest BCUT2D eigenvalue weighted by atomic mass is 32.2. The summed E-state index contributed by atoms with van der Waals surface area (Å²) in [6.07, 6.45) is 1.74. The molecule has 9 heteroatoms. The Hall–Kier alpha value is -3.85. The topological polar surface area (TPSA) is 96.0 Å². The predicted molar refractivity (Wildman–Crippen MR) is 163 cm³/mol. The van der Waals surface area contributed by atoms with Crippen LogP contribution in [0, 0.1) is 20.8 Å². The van der Waals surface area contributed by atoms with Crippen LogP contribution in [-0.4, -0.2) is 51.4 Å². The lowest BCUT2D eigenvalue weighted by Gasteiger charge is -2.32. The first kappa shape index (κ1) is 31.7. The van der Waals surface area contributed by atoms with E-state index in [0.29, 0.717) is 12.3 Å². The number of nitrogens with one attached hydrogen (secondary N) is 1. The van der Waals surface area contributed by atoms with Crippen molar-refractivity contribution in [3.8, 4) is 5.75 Å². The van der Waals surface area contributed by atoms with Crippen molar-refractivity contribution in [2.75, 3.05) is 24.5 Å². The number of sulfonamides is 1. The van der Waals surface area contributed by atoms with Gasteiger partial charge >= 0.3 is 0 Å². The quantitative estimate of drug-likeness (QED) is 0.283. The van der Waals surface area contributed by atoms with Crippen LogP contribution in [0.2, 0.25) is 0 Å². The Bertz CT molecular complexity index is 1450. The van der Waals surface area contributed by atoms with E-state index in [1.165, 1.54) is 24.1 Å². The second-order valence-electron chi connectivity index (χ2n) is 10.3. The van der Waals surface area contributed by atoms with Crippen LogP contribution in [0.5, 0.6) is 5.75 Å². The minimum atomic E-state index is -4.19. The number of anilines is 1. The summed E-state index contributed by atoms with van der Waals surface area (Å²) < 4.78 is 34.8. The van der Waals surface area contributed by atoms with E-state index in [9.17, 15) is 18.0 Å². The van der Waals surface area contributed by atoms with Gasteiger partial charge in [-0.25, -0.2) is 8.42 Å². The molecule has 2 amide bonds. The number of hydrogen-bond donors (Lipinski definition) is 1. The summed E-state index contributed by atoms with van der Waals surface area (Å²) in [5.74, 6) is -0.484. The van der Waals surface area contributed by atoms with Crippen LogP contribution < -0.4 is 14.4 Å². The molecular formula is C32H41N3O5S. The number of nitrogens with zero attached hydrogens (tertiary/aromatic N) is 2. The summed E-state index contributed by atoms with van der Waals surface area (Å²) >= 11 is 0. The molecule has 0 aliphatic heterocycles. The maximum absolute atomic E-state index is 14.1. The third-order valence-corrected chi connectivity index (χ3v) is 8.86. The van der Waals surface area contributed by atoms with Crippen LogP contribution in [0.4, 0.5) is 5.69 Å². The fourth-order valence-corrected chi connectivity index (χ4v) is 5.85. The molecule has 0 aliphatic carbocycles. The monoisotopic (exact) mass is 579 g/mol. The number of hydrogen-bond acceptors (Lipinski definition) is 5. The van der Waals surface area contributed by atoms with Crippen molar-refractivity contribution in [2.45, 2.75) is 64.9 Å². The number of amides is 2. The largest absolute Gasteiger partial charge is 0.495 e. The van der Waals surface area contributed by atoms with Gasteiger partial charge in [-0.3, -0.25) is 13.9 Å². The molecule has 0 aliphatic rings. The number of carbonyl (C=O) groups excluding carboxylic acids is 2. The Balaban J connectivity index is 2.08. The van der Waals surface area contributed by atoms with E-state index in [0.717, 1.165) is 39.4 Å². The van der Waals surface area contributed by atoms with E-state index < -0.39 is 28.5 Å². The van der Waals surface area contributed by atoms with E-state index in [1.807, 2.05) is 58.0 Å². The van der Waals surface area contributed by atoms with E-state index in [4.69, 9.17) is 4.74 Å². The van der Waals surface area contributed by atoms with Gasteiger partial charge in [0, 0.05) is 13.1 Å². The highest BCUT2D eigenvalue weighted by Gasteiger charge is 2.34. The van der Waals surface area contributed by atoms with Crippen molar-refractivity contribution >= 4 is 27.5 Å². The molecule has 0 heterocycles. The molecule has 8 nitrogen and oxygen atoms in total. The lowest BCUT2D eigenvalue weighted by Crippen LogP contribution is -2.51. The molecule has 41 heavy (non-hydrogen) atoms. The van der Waals surface area contributed by atoms with Crippen molar-refractivity contribution in [1.29, 1.82) is 0 Å². The van der Waals surface area contributed by atoms with Crippen LogP contribution >= 0.6 is 0 Å². The molecule has 3 aromatic rings. The summed E-state index contributed by atoms with van der Waals surface area (Å²) in [5.41, 5.74) is 3.80. The molecule has 1 atom stereocenters. The van der Waals surface area contributed by atoms with Crippen LogP contribution in [0.1, 0.15) is 48.9 Å².